The quantitative estimate of drug-likeness (QED) is 0.700. The summed E-state index contributed by atoms with van der Waals surface area (Å²) in [6.07, 6.45) is 0.730. The van der Waals surface area contributed by atoms with E-state index in [1.165, 1.54) is 0 Å². The van der Waals surface area contributed by atoms with Crippen LogP contribution in [0.3, 0.4) is 0 Å². The largest absolute Gasteiger partial charge is 0.447 e. The Morgan fingerprint density at radius 2 is 1.71 bits per heavy atom. The molecule has 84 valence electrons. The lowest BCUT2D eigenvalue weighted by atomic mass is 10.0. The van der Waals surface area contributed by atoms with E-state index in [4.69, 9.17) is 4.74 Å². The highest BCUT2D eigenvalue weighted by atomic mass is 16.6. The van der Waals surface area contributed by atoms with Gasteiger partial charge in [-0.25, -0.2) is 4.79 Å². The van der Waals surface area contributed by atoms with Gasteiger partial charge in [-0.2, -0.15) is 0 Å². The van der Waals surface area contributed by atoms with E-state index < -0.39 is 0 Å². The minimum absolute atomic E-state index is 0.0452. The number of rotatable bonds is 4. The van der Waals surface area contributed by atoms with E-state index in [1.54, 1.807) is 11.9 Å². The van der Waals surface area contributed by atoms with Crippen molar-refractivity contribution in [3.05, 3.63) is 0 Å². The van der Waals surface area contributed by atoms with E-state index in [0.717, 1.165) is 6.42 Å². The average molecular weight is 201 g/mol. The normalized spacial score (nSPS) is 13.1. The Kier molecular flexibility index (Phi) is 5.58. The second-order valence-electron chi connectivity index (χ2n) is 4.52. The first-order valence-corrected chi connectivity index (χ1v) is 5.28. The van der Waals surface area contributed by atoms with Gasteiger partial charge in [0.15, 0.2) is 0 Å². The van der Waals surface area contributed by atoms with Gasteiger partial charge in [0.05, 0.1) is 6.10 Å². The fourth-order valence-corrected chi connectivity index (χ4v) is 1.31. The van der Waals surface area contributed by atoms with Crippen LogP contribution < -0.4 is 0 Å². The highest BCUT2D eigenvalue weighted by Crippen LogP contribution is 2.10. The lowest BCUT2D eigenvalue weighted by Crippen LogP contribution is -2.37. The molecule has 0 aromatic rings. The van der Waals surface area contributed by atoms with Gasteiger partial charge in [0.25, 0.3) is 0 Å². The minimum Gasteiger partial charge on any atom is -0.447 e. The lowest BCUT2D eigenvalue weighted by molar-refractivity contribution is 0.0718. The maximum atomic E-state index is 11.5. The maximum absolute atomic E-state index is 11.5. The van der Waals surface area contributed by atoms with Crippen LogP contribution in [0, 0.1) is 5.92 Å². The molecule has 0 saturated carbocycles. The number of hydrogen-bond donors (Lipinski definition) is 0. The Hall–Kier alpha value is -0.730. The molecule has 1 atom stereocenters. The van der Waals surface area contributed by atoms with Crippen molar-refractivity contribution < 1.29 is 9.53 Å². The van der Waals surface area contributed by atoms with Gasteiger partial charge in [0.2, 0.25) is 0 Å². The van der Waals surface area contributed by atoms with Crippen LogP contribution in [0.15, 0.2) is 0 Å². The molecule has 0 N–H and O–H groups in total. The number of nitrogens with zero attached hydrogens (tertiary/aromatic N) is 1. The first-order chi connectivity index (χ1) is 6.34. The second-order valence-corrected chi connectivity index (χ2v) is 4.52. The van der Waals surface area contributed by atoms with Crippen LogP contribution in [0.2, 0.25) is 0 Å². The van der Waals surface area contributed by atoms with Crippen molar-refractivity contribution >= 4 is 6.09 Å². The third kappa shape index (κ3) is 5.10. The summed E-state index contributed by atoms with van der Waals surface area (Å²) < 4.78 is 5.10. The number of hydrogen-bond acceptors (Lipinski definition) is 2. The van der Waals surface area contributed by atoms with Crippen molar-refractivity contribution in [2.45, 2.75) is 53.2 Å². The predicted octanol–water partition coefficient (Wildman–Crippen LogP) is 2.90. The average Bonchev–Trinajstić information content (AvgIpc) is 2.00. The Morgan fingerprint density at radius 3 is 2.07 bits per heavy atom. The molecule has 1 unspecified atom stereocenters. The SMILES string of the molecule is CC(C)CC(C)N(C)C(=O)OC(C)C. The van der Waals surface area contributed by atoms with Crippen LogP contribution in [0.5, 0.6) is 0 Å². The lowest BCUT2D eigenvalue weighted by Gasteiger charge is -2.26. The molecule has 0 fully saturated rings. The highest BCUT2D eigenvalue weighted by Gasteiger charge is 2.18. The van der Waals surface area contributed by atoms with Gasteiger partial charge in [0.1, 0.15) is 0 Å². The molecule has 0 bridgehead atoms. The van der Waals surface area contributed by atoms with Gasteiger partial charge >= 0.3 is 6.09 Å². The smallest absolute Gasteiger partial charge is 0.409 e. The molecule has 0 aromatic carbocycles. The molecule has 0 heterocycles. The summed E-state index contributed by atoms with van der Waals surface area (Å²) in [4.78, 5) is 13.1. The fraction of sp³-hybridized carbons (Fsp3) is 0.909. The van der Waals surface area contributed by atoms with Crippen molar-refractivity contribution in [2.75, 3.05) is 7.05 Å². The van der Waals surface area contributed by atoms with E-state index in [9.17, 15) is 4.79 Å². The standard InChI is InChI=1S/C11H23NO2/c1-8(2)7-10(5)12(6)11(13)14-9(3)4/h8-10H,7H2,1-6H3. The van der Waals surface area contributed by atoms with Crippen LogP contribution in [0.4, 0.5) is 4.79 Å². The maximum Gasteiger partial charge on any atom is 0.409 e. The summed E-state index contributed by atoms with van der Waals surface area (Å²) in [5.74, 6) is 0.597. The Morgan fingerprint density at radius 1 is 1.21 bits per heavy atom. The summed E-state index contributed by atoms with van der Waals surface area (Å²) in [5, 5.41) is 0. The van der Waals surface area contributed by atoms with Crippen molar-refractivity contribution in [3.8, 4) is 0 Å². The highest BCUT2D eigenvalue weighted by molar-refractivity contribution is 5.67. The summed E-state index contributed by atoms with van der Waals surface area (Å²) in [6, 6.07) is 0.237. The fourth-order valence-electron chi connectivity index (χ4n) is 1.31. The van der Waals surface area contributed by atoms with E-state index >= 15 is 0 Å². The third-order valence-corrected chi connectivity index (χ3v) is 2.10. The van der Waals surface area contributed by atoms with Gasteiger partial charge in [-0.3, -0.25) is 0 Å². The molecule has 0 saturated heterocycles. The molecular formula is C11H23NO2. The Balaban J connectivity index is 4.03. The molecule has 3 heteroatoms. The second kappa shape index (κ2) is 5.89. The molecule has 0 rings (SSSR count). The monoisotopic (exact) mass is 201 g/mol. The van der Waals surface area contributed by atoms with Crippen molar-refractivity contribution in [1.29, 1.82) is 0 Å². The molecule has 3 nitrogen and oxygen atoms in total. The third-order valence-electron chi connectivity index (χ3n) is 2.10. The Bertz CT molecular complexity index is 178. The van der Waals surface area contributed by atoms with Crippen molar-refractivity contribution in [2.24, 2.45) is 5.92 Å². The first-order valence-electron chi connectivity index (χ1n) is 5.28. The van der Waals surface area contributed by atoms with Crippen LogP contribution >= 0.6 is 0 Å². The van der Waals surface area contributed by atoms with Crippen LogP contribution in [0.1, 0.15) is 41.0 Å². The van der Waals surface area contributed by atoms with E-state index in [0.29, 0.717) is 5.92 Å². The topological polar surface area (TPSA) is 29.5 Å². The summed E-state index contributed by atoms with van der Waals surface area (Å²) in [7, 11) is 1.79. The van der Waals surface area contributed by atoms with E-state index in [1.807, 2.05) is 20.8 Å². The van der Waals surface area contributed by atoms with Crippen molar-refractivity contribution in [3.63, 3.8) is 0 Å². The summed E-state index contributed by atoms with van der Waals surface area (Å²) in [5.41, 5.74) is 0. The van der Waals surface area contributed by atoms with Crippen molar-refractivity contribution in [1.82, 2.24) is 4.90 Å². The van der Waals surface area contributed by atoms with Crippen LogP contribution in [0.25, 0.3) is 0 Å². The van der Waals surface area contributed by atoms with Crippen LogP contribution in [-0.2, 0) is 4.74 Å². The van der Waals surface area contributed by atoms with Gasteiger partial charge < -0.3 is 9.64 Å². The zero-order chi connectivity index (χ0) is 11.3. The van der Waals surface area contributed by atoms with Gasteiger partial charge in [0, 0.05) is 13.1 Å². The molecule has 0 radical (unpaired) electrons. The zero-order valence-electron chi connectivity index (χ0n) is 10.2. The predicted molar refractivity (Wildman–Crippen MR) is 58.3 cm³/mol. The van der Waals surface area contributed by atoms with Gasteiger partial charge in [-0.05, 0) is 33.1 Å². The molecule has 14 heavy (non-hydrogen) atoms. The van der Waals surface area contributed by atoms with E-state index in [-0.39, 0.29) is 18.2 Å². The zero-order valence-corrected chi connectivity index (χ0v) is 10.2. The summed E-state index contributed by atoms with van der Waals surface area (Å²) in [6.45, 7) is 10.1. The summed E-state index contributed by atoms with van der Waals surface area (Å²) >= 11 is 0. The molecule has 1 amide bonds. The Labute approximate surface area is 87.4 Å². The van der Waals surface area contributed by atoms with Crippen LogP contribution in [-0.4, -0.2) is 30.2 Å². The molecule has 0 spiro atoms. The number of ether oxygens (including phenoxy) is 1. The number of carbonyl (C=O) groups excluding carboxylic acids is 1. The minimum atomic E-state index is -0.229. The molecule has 0 aliphatic heterocycles. The molecule has 0 aliphatic rings. The van der Waals surface area contributed by atoms with Gasteiger partial charge in [-0.1, -0.05) is 13.8 Å². The first kappa shape index (κ1) is 13.3. The molecule has 0 aromatic heterocycles. The molecule has 0 aliphatic carbocycles. The number of carbonyl (C=O) groups is 1. The number of amides is 1. The van der Waals surface area contributed by atoms with E-state index in [2.05, 4.69) is 13.8 Å². The van der Waals surface area contributed by atoms with Gasteiger partial charge in [-0.15, -0.1) is 0 Å². The molecular weight excluding hydrogens is 178 g/mol.